The summed E-state index contributed by atoms with van der Waals surface area (Å²) in [6.07, 6.45) is 0.167. The van der Waals surface area contributed by atoms with Crippen LogP contribution >= 0.6 is 0 Å². The van der Waals surface area contributed by atoms with E-state index in [0.29, 0.717) is 17.9 Å². The molecule has 1 aromatic heterocycles. The Morgan fingerprint density at radius 2 is 1.46 bits per heavy atom. The summed E-state index contributed by atoms with van der Waals surface area (Å²) in [6, 6.07) is 30.5. The van der Waals surface area contributed by atoms with Crippen LogP contribution in [0.4, 0.5) is 0 Å². The van der Waals surface area contributed by atoms with Crippen molar-refractivity contribution in [3.63, 3.8) is 0 Å². The second kappa shape index (κ2) is 9.96. The van der Waals surface area contributed by atoms with Crippen molar-refractivity contribution >= 4 is 22.6 Å². The maximum atomic E-state index is 12.4. The maximum Gasteiger partial charge on any atom is 0.269 e. The Kier molecular flexibility index (Phi) is 6.25. The van der Waals surface area contributed by atoms with Crippen molar-refractivity contribution in [1.29, 1.82) is 0 Å². The number of carbonyl (C=O) groups excluding carboxylic acids is 2. The molecule has 0 aliphatic rings. The molecule has 5 aromatic rings. The van der Waals surface area contributed by atoms with Gasteiger partial charge in [0.2, 0.25) is 11.7 Å². The minimum absolute atomic E-state index is 0.167. The fraction of sp³-hybridized carbons (Fsp3) is 0.0741. The molecule has 0 spiro atoms. The van der Waals surface area contributed by atoms with Gasteiger partial charge in [-0.05, 0) is 39.2 Å². The molecule has 2 amide bonds. The molecular formula is C27H22N6O2. The van der Waals surface area contributed by atoms with Crippen molar-refractivity contribution < 1.29 is 9.59 Å². The Balaban J connectivity index is 1.14. The lowest BCUT2D eigenvalue weighted by molar-refractivity contribution is -0.121. The van der Waals surface area contributed by atoms with Gasteiger partial charge in [-0.15, -0.1) is 10.2 Å². The highest BCUT2D eigenvalue weighted by Gasteiger charge is 2.10. The van der Waals surface area contributed by atoms with Crippen molar-refractivity contribution in [3.05, 3.63) is 114 Å². The monoisotopic (exact) mass is 462 g/mol. The molecule has 35 heavy (non-hydrogen) atoms. The topological polar surface area (TPSA) is 102 Å². The van der Waals surface area contributed by atoms with Crippen LogP contribution in [0.5, 0.6) is 0 Å². The van der Waals surface area contributed by atoms with Crippen LogP contribution in [0.1, 0.15) is 21.5 Å². The molecule has 0 bridgehead atoms. The highest BCUT2D eigenvalue weighted by atomic mass is 16.2. The minimum Gasteiger partial charge on any atom is -0.273 e. The van der Waals surface area contributed by atoms with E-state index >= 15 is 0 Å². The highest BCUT2D eigenvalue weighted by molar-refractivity contribution is 5.95. The Morgan fingerprint density at radius 3 is 2.26 bits per heavy atom. The molecule has 0 saturated carbocycles. The lowest BCUT2D eigenvalue weighted by Crippen LogP contribution is -2.42. The number of hydrogen-bond donors (Lipinski definition) is 2. The second-order valence-corrected chi connectivity index (χ2v) is 8.07. The molecule has 172 valence electrons. The zero-order valence-electron chi connectivity index (χ0n) is 18.8. The van der Waals surface area contributed by atoms with E-state index in [0.717, 1.165) is 27.5 Å². The van der Waals surface area contributed by atoms with Gasteiger partial charge in [0, 0.05) is 11.1 Å². The van der Waals surface area contributed by atoms with Crippen molar-refractivity contribution in [2.75, 3.05) is 0 Å². The van der Waals surface area contributed by atoms with Crippen molar-refractivity contribution in [2.45, 2.75) is 13.0 Å². The van der Waals surface area contributed by atoms with Gasteiger partial charge in [0.1, 0.15) is 0 Å². The largest absolute Gasteiger partial charge is 0.273 e. The van der Waals surface area contributed by atoms with E-state index < -0.39 is 5.91 Å². The SMILES string of the molecule is O=C(Cc1ccc2ccccc2c1)NNC(=O)c1ccc(Cn2nnc(-c3ccccc3)n2)cc1. The van der Waals surface area contributed by atoms with Crippen LogP contribution < -0.4 is 10.9 Å². The minimum atomic E-state index is -0.395. The second-order valence-electron chi connectivity index (χ2n) is 8.07. The molecule has 0 unspecified atom stereocenters. The summed E-state index contributed by atoms with van der Waals surface area (Å²) in [5.41, 5.74) is 8.06. The molecule has 0 fully saturated rings. The van der Waals surface area contributed by atoms with E-state index in [-0.39, 0.29) is 12.3 Å². The van der Waals surface area contributed by atoms with E-state index in [1.807, 2.05) is 84.9 Å². The summed E-state index contributed by atoms with van der Waals surface area (Å²) in [7, 11) is 0. The molecule has 4 aromatic carbocycles. The van der Waals surface area contributed by atoms with Gasteiger partial charge in [0.15, 0.2) is 0 Å². The number of fused-ring (bicyclic) bond motifs is 1. The number of benzene rings is 4. The van der Waals surface area contributed by atoms with E-state index in [1.54, 1.807) is 12.1 Å². The summed E-state index contributed by atoms with van der Waals surface area (Å²) in [5.74, 6) is -0.133. The number of aromatic nitrogens is 4. The molecule has 5 rings (SSSR count). The lowest BCUT2D eigenvalue weighted by atomic mass is 10.1. The van der Waals surface area contributed by atoms with Gasteiger partial charge >= 0.3 is 0 Å². The quantitative estimate of drug-likeness (QED) is 0.376. The van der Waals surface area contributed by atoms with Crippen LogP contribution in [0.2, 0.25) is 0 Å². The number of nitrogens with zero attached hydrogens (tertiary/aromatic N) is 4. The molecule has 0 atom stereocenters. The van der Waals surface area contributed by atoms with Crippen molar-refractivity contribution in [2.24, 2.45) is 0 Å². The number of rotatable bonds is 6. The number of nitrogens with one attached hydrogen (secondary N) is 2. The van der Waals surface area contributed by atoms with Crippen LogP contribution in [0.15, 0.2) is 97.1 Å². The molecule has 0 aliphatic heterocycles. The lowest BCUT2D eigenvalue weighted by Gasteiger charge is -2.09. The average Bonchev–Trinajstić information content (AvgIpc) is 3.37. The number of carbonyl (C=O) groups is 2. The van der Waals surface area contributed by atoms with Gasteiger partial charge in [-0.2, -0.15) is 4.80 Å². The molecular weight excluding hydrogens is 440 g/mol. The zero-order chi connectivity index (χ0) is 24.0. The van der Waals surface area contributed by atoms with E-state index in [9.17, 15) is 9.59 Å². The summed E-state index contributed by atoms with van der Waals surface area (Å²) in [6.45, 7) is 0.421. The average molecular weight is 463 g/mol. The van der Waals surface area contributed by atoms with Crippen molar-refractivity contribution in [1.82, 2.24) is 31.1 Å². The van der Waals surface area contributed by atoms with Gasteiger partial charge < -0.3 is 0 Å². The smallest absolute Gasteiger partial charge is 0.269 e. The van der Waals surface area contributed by atoms with Gasteiger partial charge in [-0.1, -0.05) is 84.9 Å². The van der Waals surface area contributed by atoms with E-state index in [4.69, 9.17) is 0 Å². The van der Waals surface area contributed by atoms with Gasteiger partial charge in [-0.25, -0.2) is 0 Å². The summed E-state index contributed by atoms with van der Waals surface area (Å²) in [5, 5.41) is 14.8. The normalized spacial score (nSPS) is 10.7. The summed E-state index contributed by atoms with van der Waals surface area (Å²) < 4.78 is 0. The Bertz CT molecular complexity index is 1480. The predicted molar refractivity (Wildman–Crippen MR) is 132 cm³/mol. The van der Waals surface area contributed by atoms with Crippen LogP contribution in [0, 0.1) is 0 Å². The fourth-order valence-corrected chi connectivity index (χ4v) is 3.71. The van der Waals surface area contributed by atoms with E-state index in [2.05, 4.69) is 26.3 Å². The van der Waals surface area contributed by atoms with Crippen LogP contribution in [-0.2, 0) is 17.8 Å². The van der Waals surface area contributed by atoms with Gasteiger partial charge in [-0.3, -0.25) is 20.4 Å². The molecule has 0 saturated heterocycles. The van der Waals surface area contributed by atoms with E-state index in [1.165, 1.54) is 4.80 Å². The number of hydrazine groups is 1. The first-order chi connectivity index (χ1) is 17.1. The number of tetrazole rings is 1. The molecule has 8 nitrogen and oxygen atoms in total. The third-order valence-electron chi connectivity index (χ3n) is 5.52. The first-order valence-electron chi connectivity index (χ1n) is 11.1. The molecule has 0 aliphatic carbocycles. The summed E-state index contributed by atoms with van der Waals surface area (Å²) in [4.78, 5) is 26.2. The predicted octanol–water partition coefficient (Wildman–Crippen LogP) is 3.55. The van der Waals surface area contributed by atoms with Crippen LogP contribution in [-0.4, -0.2) is 32.0 Å². The Morgan fingerprint density at radius 1 is 0.743 bits per heavy atom. The fourth-order valence-electron chi connectivity index (χ4n) is 3.71. The highest BCUT2D eigenvalue weighted by Crippen LogP contribution is 2.16. The number of hydrogen-bond acceptors (Lipinski definition) is 5. The van der Waals surface area contributed by atoms with Gasteiger partial charge in [0.25, 0.3) is 5.91 Å². The summed E-state index contributed by atoms with van der Waals surface area (Å²) >= 11 is 0. The maximum absolute atomic E-state index is 12.4. The first kappa shape index (κ1) is 22.0. The standard InChI is InChI=1S/C27H22N6O2/c34-25(17-20-12-13-21-6-4-5-9-24(21)16-20)28-30-27(35)23-14-10-19(11-15-23)18-33-31-26(29-32-33)22-7-2-1-3-8-22/h1-16H,17-18H2,(H,28,34)(H,30,35). The molecule has 0 radical (unpaired) electrons. The first-order valence-corrected chi connectivity index (χ1v) is 11.1. The van der Waals surface area contributed by atoms with Gasteiger partial charge in [0.05, 0.1) is 13.0 Å². The van der Waals surface area contributed by atoms with Crippen molar-refractivity contribution in [3.8, 4) is 11.4 Å². The van der Waals surface area contributed by atoms with Crippen LogP contribution in [0.3, 0.4) is 0 Å². The third kappa shape index (κ3) is 5.39. The van der Waals surface area contributed by atoms with Crippen LogP contribution in [0.25, 0.3) is 22.2 Å². The third-order valence-corrected chi connectivity index (χ3v) is 5.52. The Labute approximate surface area is 201 Å². The molecule has 2 N–H and O–H groups in total. The number of amides is 2. The zero-order valence-corrected chi connectivity index (χ0v) is 18.8. The molecule has 8 heteroatoms. The molecule has 1 heterocycles. The Hall–Kier alpha value is -4.85.